The van der Waals surface area contributed by atoms with Gasteiger partial charge in [-0.15, -0.1) is 0 Å². The summed E-state index contributed by atoms with van der Waals surface area (Å²) in [5.74, 6) is -0.410. The van der Waals surface area contributed by atoms with Gasteiger partial charge in [-0.2, -0.15) is 0 Å². The highest BCUT2D eigenvalue weighted by molar-refractivity contribution is 6.30. The van der Waals surface area contributed by atoms with Crippen LogP contribution >= 0.6 is 11.6 Å². The van der Waals surface area contributed by atoms with Crippen molar-refractivity contribution in [2.75, 3.05) is 16.8 Å². The Morgan fingerprint density at radius 3 is 2.69 bits per heavy atom. The Morgan fingerprint density at radius 1 is 1.23 bits per heavy atom. The number of ether oxygens (including phenoxy) is 1. The van der Waals surface area contributed by atoms with Crippen molar-refractivity contribution >= 4 is 40.6 Å². The van der Waals surface area contributed by atoms with E-state index in [1.165, 1.54) is 11.8 Å². The van der Waals surface area contributed by atoms with Crippen LogP contribution in [0.15, 0.2) is 42.5 Å². The zero-order valence-corrected chi connectivity index (χ0v) is 15.0. The number of rotatable bonds is 4. The topological polar surface area (TPSA) is 75.7 Å². The Balaban J connectivity index is 1.90. The quantitative estimate of drug-likeness (QED) is 0.835. The second kappa shape index (κ2) is 7.17. The van der Waals surface area contributed by atoms with Crippen molar-refractivity contribution in [2.24, 2.45) is 0 Å². The molecule has 1 N–H and O–H groups in total. The first-order valence-corrected chi connectivity index (χ1v) is 8.41. The normalized spacial score (nSPS) is 14.3. The standard InChI is InChI=1S/C19H17ClN2O4/c1-11(19(25)21-15-5-3-4-14(20)9-15)22-16-8-13(12(2)23)6-7-17(16)26-10-18(22)24/h3-9,11H,10H2,1-2H3,(H,21,25). The van der Waals surface area contributed by atoms with Crippen LogP contribution in [-0.4, -0.2) is 30.2 Å². The first kappa shape index (κ1) is 17.9. The molecule has 7 heteroatoms. The van der Waals surface area contributed by atoms with Crippen molar-refractivity contribution in [3.8, 4) is 5.75 Å². The van der Waals surface area contributed by atoms with Crippen molar-refractivity contribution < 1.29 is 19.1 Å². The number of ketones is 1. The van der Waals surface area contributed by atoms with Crippen LogP contribution in [-0.2, 0) is 9.59 Å². The summed E-state index contributed by atoms with van der Waals surface area (Å²) in [6, 6.07) is 10.8. The number of amides is 2. The molecule has 1 atom stereocenters. The molecule has 2 aromatic rings. The first-order chi connectivity index (χ1) is 12.4. The molecule has 2 amide bonds. The molecule has 0 saturated carbocycles. The van der Waals surface area contributed by atoms with Crippen molar-refractivity contribution in [3.63, 3.8) is 0 Å². The van der Waals surface area contributed by atoms with E-state index < -0.39 is 6.04 Å². The van der Waals surface area contributed by atoms with Crippen LogP contribution in [0.25, 0.3) is 0 Å². The lowest BCUT2D eigenvalue weighted by Crippen LogP contribution is -2.49. The van der Waals surface area contributed by atoms with Crippen molar-refractivity contribution in [1.82, 2.24) is 0 Å². The predicted octanol–water partition coefficient (Wildman–Crippen LogP) is 3.30. The molecule has 1 heterocycles. The molecule has 0 bridgehead atoms. The largest absolute Gasteiger partial charge is 0.482 e. The van der Waals surface area contributed by atoms with Gasteiger partial charge in [0.2, 0.25) is 5.91 Å². The van der Waals surface area contributed by atoms with E-state index in [-0.39, 0.29) is 24.2 Å². The zero-order valence-electron chi connectivity index (χ0n) is 14.3. The molecule has 26 heavy (non-hydrogen) atoms. The maximum Gasteiger partial charge on any atom is 0.265 e. The summed E-state index contributed by atoms with van der Waals surface area (Å²) >= 11 is 5.93. The van der Waals surface area contributed by atoms with E-state index in [0.717, 1.165) is 0 Å². The highest BCUT2D eigenvalue weighted by atomic mass is 35.5. The molecule has 3 rings (SSSR count). The molecule has 0 radical (unpaired) electrons. The Hall–Kier alpha value is -2.86. The fourth-order valence-corrected chi connectivity index (χ4v) is 2.94. The summed E-state index contributed by atoms with van der Waals surface area (Å²) in [4.78, 5) is 38.1. The Kier molecular flexibility index (Phi) is 4.95. The number of carbonyl (C=O) groups excluding carboxylic acids is 3. The Labute approximate surface area is 155 Å². The van der Waals surface area contributed by atoms with Crippen LogP contribution in [0, 0.1) is 0 Å². The fourth-order valence-electron chi connectivity index (χ4n) is 2.74. The van der Waals surface area contributed by atoms with Gasteiger partial charge >= 0.3 is 0 Å². The lowest BCUT2D eigenvalue weighted by molar-refractivity contribution is -0.125. The number of hydrogen-bond acceptors (Lipinski definition) is 4. The second-order valence-electron chi connectivity index (χ2n) is 5.97. The number of nitrogens with zero attached hydrogens (tertiary/aromatic N) is 1. The highest BCUT2D eigenvalue weighted by Crippen LogP contribution is 2.34. The van der Waals surface area contributed by atoms with E-state index in [0.29, 0.717) is 27.7 Å². The van der Waals surface area contributed by atoms with Crippen molar-refractivity contribution in [2.45, 2.75) is 19.9 Å². The third-order valence-corrected chi connectivity index (χ3v) is 4.34. The smallest absolute Gasteiger partial charge is 0.265 e. The van der Waals surface area contributed by atoms with Gasteiger partial charge in [0.15, 0.2) is 12.4 Å². The summed E-state index contributed by atoms with van der Waals surface area (Å²) in [6.07, 6.45) is 0. The van der Waals surface area contributed by atoms with E-state index in [1.54, 1.807) is 49.4 Å². The second-order valence-corrected chi connectivity index (χ2v) is 6.40. The van der Waals surface area contributed by atoms with Gasteiger partial charge in [-0.25, -0.2) is 0 Å². The minimum Gasteiger partial charge on any atom is -0.482 e. The maximum atomic E-state index is 12.6. The van der Waals surface area contributed by atoms with Gasteiger partial charge in [0.1, 0.15) is 11.8 Å². The van der Waals surface area contributed by atoms with Gasteiger partial charge < -0.3 is 10.1 Å². The molecule has 0 aromatic heterocycles. The van der Waals surface area contributed by atoms with Gasteiger partial charge in [-0.1, -0.05) is 17.7 Å². The molecular formula is C19H17ClN2O4. The molecule has 1 aliphatic heterocycles. The molecule has 6 nitrogen and oxygen atoms in total. The minimum absolute atomic E-state index is 0.137. The third-order valence-electron chi connectivity index (χ3n) is 4.10. The lowest BCUT2D eigenvalue weighted by Gasteiger charge is -2.33. The molecule has 0 saturated heterocycles. The van der Waals surface area contributed by atoms with Crippen LogP contribution in [0.2, 0.25) is 5.02 Å². The van der Waals surface area contributed by atoms with E-state index in [1.807, 2.05) is 0 Å². The van der Waals surface area contributed by atoms with E-state index in [2.05, 4.69) is 5.32 Å². The van der Waals surface area contributed by atoms with Gasteiger partial charge in [-0.05, 0) is 50.2 Å². The summed E-state index contributed by atoms with van der Waals surface area (Å²) in [6.45, 7) is 2.89. The average Bonchev–Trinajstić information content (AvgIpc) is 2.60. The van der Waals surface area contributed by atoms with Crippen molar-refractivity contribution in [3.05, 3.63) is 53.1 Å². The van der Waals surface area contributed by atoms with Crippen LogP contribution < -0.4 is 15.0 Å². The van der Waals surface area contributed by atoms with Gasteiger partial charge in [0.25, 0.3) is 5.91 Å². The Bertz CT molecular complexity index is 897. The van der Waals surface area contributed by atoms with Crippen LogP contribution in [0.3, 0.4) is 0 Å². The third kappa shape index (κ3) is 3.55. The Morgan fingerprint density at radius 2 is 2.00 bits per heavy atom. The van der Waals surface area contributed by atoms with Gasteiger partial charge in [0.05, 0.1) is 5.69 Å². The van der Waals surface area contributed by atoms with E-state index >= 15 is 0 Å². The summed E-state index contributed by atoms with van der Waals surface area (Å²) in [5, 5.41) is 3.24. The number of nitrogens with one attached hydrogen (secondary N) is 1. The molecular weight excluding hydrogens is 356 g/mol. The first-order valence-electron chi connectivity index (χ1n) is 8.03. The van der Waals surface area contributed by atoms with Crippen LogP contribution in [0.4, 0.5) is 11.4 Å². The van der Waals surface area contributed by atoms with E-state index in [9.17, 15) is 14.4 Å². The van der Waals surface area contributed by atoms with Gasteiger partial charge in [0, 0.05) is 16.3 Å². The lowest BCUT2D eigenvalue weighted by atomic mass is 10.1. The molecule has 0 aliphatic carbocycles. The molecule has 1 aliphatic rings. The SMILES string of the molecule is CC(=O)c1ccc2c(c1)N(C(C)C(=O)Nc1cccc(Cl)c1)C(=O)CO2. The highest BCUT2D eigenvalue weighted by Gasteiger charge is 2.33. The summed E-state index contributed by atoms with van der Waals surface area (Å²) in [5.41, 5.74) is 1.38. The number of Topliss-reactive ketones (excluding diaryl/α,β-unsaturated/α-hetero) is 1. The van der Waals surface area contributed by atoms with Crippen molar-refractivity contribution in [1.29, 1.82) is 0 Å². The molecule has 134 valence electrons. The maximum absolute atomic E-state index is 12.6. The molecule has 1 unspecified atom stereocenters. The van der Waals surface area contributed by atoms with E-state index in [4.69, 9.17) is 16.3 Å². The number of anilines is 2. The predicted molar refractivity (Wildman–Crippen MR) is 99.0 cm³/mol. The number of benzene rings is 2. The van der Waals surface area contributed by atoms with Crippen LogP contribution in [0.5, 0.6) is 5.75 Å². The summed E-state index contributed by atoms with van der Waals surface area (Å²) < 4.78 is 5.41. The molecule has 0 spiro atoms. The fraction of sp³-hybridized carbons (Fsp3) is 0.211. The summed E-state index contributed by atoms with van der Waals surface area (Å²) in [7, 11) is 0. The number of halogens is 1. The average molecular weight is 373 g/mol. The monoisotopic (exact) mass is 372 g/mol. The molecule has 2 aromatic carbocycles. The number of hydrogen-bond donors (Lipinski definition) is 1. The molecule has 0 fully saturated rings. The number of fused-ring (bicyclic) bond motifs is 1. The van der Waals surface area contributed by atoms with Crippen LogP contribution in [0.1, 0.15) is 24.2 Å². The number of carbonyl (C=O) groups is 3. The van der Waals surface area contributed by atoms with Gasteiger partial charge in [-0.3, -0.25) is 19.3 Å². The zero-order chi connectivity index (χ0) is 18.8. The minimum atomic E-state index is -0.800.